The van der Waals surface area contributed by atoms with E-state index in [2.05, 4.69) is 68.6 Å². The van der Waals surface area contributed by atoms with Crippen LogP contribution in [0.3, 0.4) is 0 Å². The summed E-state index contributed by atoms with van der Waals surface area (Å²) < 4.78 is 30.9. The molecule has 0 aliphatic heterocycles. The zero-order valence-electron chi connectivity index (χ0n) is 59.5. The first-order valence-corrected chi connectivity index (χ1v) is 40.0. The predicted octanol–water partition coefficient (Wildman–Crippen LogP) is 24.7. The molecule has 0 heterocycles. The predicted molar refractivity (Wildman–Crippen MR) is 383 cm³/mol. The molecule has 0 rings (SSSR count). The van der Waals surface area contributed by atoms with Crippen molar-refractivity contribution in [1.29, 1.82) is 0 Å². The van der Waals surface area contributed by atoms with Gasteiger partial charge in [0.15, 0.2) is 0 Å². The molecular weight excluding hydrogens is 1110 g/mol. The van der Waals surface area contributed by atoms with Gasteiger partial charge in [0.2, 0.25) is 5.91 Å². The fraction of sp³-hybridized carbons (Fsp3) is 0.872. The average molecular weight is 1260 g/mol. The second-order valence-corrected chi connectivity index (χ2v) is 29.0. The number of hydrogen-bond donors (Lipinski definition) is 2. The Hall–Kier alpha value is -2.03. The quantitative estimate of drug-likeness (QED) is 0.0205. The second kappa shape index (κ2) is 67.8. The summed E-state index contributed by atoms with van der Waals surface area (Å²) in [7, 11) is 1.51. The first kappa shape index (κ1) is 86.0. The summed E-state index contributed by atoms with van der Waals surface area (Å²) in [4.78, 5) is 38.0. The third kappa shape index (κ3) is 68.3. The number of ether oxygens (including phenoxy) is 1. The summed E-state index contributed by atoms with van der Waals surface area (Å²) in [6.45, 7) is 7.05. The third-order valence-electron chi connectivity index (χ3n) is 17.5. The molecule has 0 aromatic carbocycles. The highest BCUT2D eigenvalue weighted by atomic mass is 31.2. The number of carbonyl (C=O) groups is 2. The molecule has 10 heteroatoms. The van der Waals surface area contributed by atoms with E-state index in [1.54, 1.807) is 0 Å². The Labute approximate surface area is 548 Å². The lowest BCUT2D eigenvalue weighted by atomic mass is 10.0. The summed E-state index contributed by atoms with van der Waals surface area (Å²) in [6, 6.07) is -0.847. The standard InChI is InChI=1S/C78H149N2O7P/c1-7-10-13-16-19-22-25-28-30-32-34-36-38-39-40-41-43-45-47-49-51-53-56-59-62-65-68-71-78(82)87-76(69-66-63-60-57-54-27-24-21-18-15-12-9-3)75(74-86-88(83,84)85-73-72-80(4,5)6)79-77(81)70-67-64-61-58-55-52-50-48-46-44-42-37-35-33-31-29-26-23-20-17-14-11-8-2/h19,22,28,30,34,36,66,69,75-76H,7-18,20-21,23-27,29,31-33,35,37-65,67-68,70-74H2,1-6H3,(H-,79,81,83,84)/p+1/b22-19-,30-28-,36-34-,69-66+. The molecule has 0 spiro atoms. The van der Waals surface area contributed by atoms with Crippen molar-refractivity contribution in [2.45, 2.75) is 399 Å². The normalized spacial score (nSPS) is 13.7. The van der Waals surface area contributed by atoms with Crippen LogP contribution < -0.4 is 5.32 Å². The van der Waals surface area contributed by atoms with E-state index in [1.165, 1.54) is 283 Å². The van der Waals surface area contributed by atoms with Crippen molar-refractivity contribution in [1.82, 2.24) is 5.32 Å². The molecule has 0 aromatic rings. The largest absolute Gasteiger partial charge is 0.472 e. The summed E-state index contributed by atoms with van der Waals surface area (Å²) in [6.07, 6.45) is 87.1. The van der Waals surface area contributed by atoms with Gasteiger partial charge in [-0.25, -0.2) is 4.57 Å². The van der Waals surface area contributed by atoms with Crippen LogP contribution in [-0.4, -0.2) is 74.3 Å². The van der Waals surface area contributed by atoms with Gasteiger partial charge in [-0.05, 0) is 70.3 Å². The number of carbonyl (C=O) groups excluding carboxylic acids is 2. The number of likely N-dealkylation sites (N-methyl/N-ethyl adjacent to an activating group) is 1. The van der Waals surface area contributed by atoms with Gasteiger partial charge in [-0.3, -0.25) is 18.6 Å². The maximum absolute atomic E-state index is 13.6. The molecule has 0 bridgehead atoms. The van der Waals surface area contributed by atoms with Gasteiger partial charge in [-0.15, -0.1) is 0 Å². The van der Waals surface area contributed by atoms with Crippen LogP contribution in [-0.2, 0) is 27.9 Å². The number of nitrogens with one attached hydrogen (secondary N) is 1. The fourth-order valence-corrected chi connectivity index (χ4v) is 12.3. The van der Waals surface area contributed by atoms with E-state index < -0.39 is 20.0 Å². The number of unbranched alkanes of at least 4 members (excludes halogenated alkanes) is 49. The summed E-state index contributed by atoms with van der Waals surface area (Å²) in [5, 5.41) is 3.08. The molecule has 0 saturated carbocycles. The van der Waals surface area contributed by atoms with Crippen LogP contribution in [0.15, 0.2) is 48.6 Å². The van der Waals surface area contributed by atoms with E-state index in [0.717, 1.165) is 70.6 Å². The van der Waals surface area contributed by atoms with E-state index in [1.807, 2.05) is 27.2 Å². The number of rotatable bonds is 71. The lowest BCUT2D eigenvalue weighted by Crippen LogP contribution is -2.47. The minimum absolute atomic E-state index is 0.0428. The highest BCUT2D eigenvalue weighted by Crippen LogP contribution is 2.43. The molecule has 3 atom stereocenters. The molecule has 1 amide bonds. The summed E-state index contributed by atoms with van der Waals surface area (Å²) >= 11 is 0. The van der Waals surface area contributed by atoms with Crippen LogP contribution in [0.25, 0.3) is 0 Å². The van der Waals surface area contributed by atoms with Crippen molar-refractivity contribution in [3.8, 4) is 0 Å². The number of nitrogens with zero attached hydrogens (tertiary/aromatic N) is 1. The van der Waals surface area contributed by atoms with Crippen molar-refractivity contribution in [2.24, 2.45) is 0 Å². The Balaban J connectivity index is 4.94. The van der Waals surface area contributed by atoms with E-state index in [4.69, 9.17) is 13.8 Å². The monoisotopic (exact) mass is 1260 g/mol. The number of hydrogen-bond acceptors (Lipinski definition) is 6. The molecule has 0 aromatic heterocycles. The summed E-state index contributed by atoms with van der Waals surface area (Å²) in [5.41, 5.74) is 0. The van der Waals surface area contributed by atoms with Gasteiger partial charge in [-0.1, -0.05) is 352 Å². The van der Waals surface area contributed by atoms with Crippen molar-refractivity contribution in [3.05, 3.63) is 48.6 Å². The van der Waals surface area contributed by atoms with Gasteiger partial charge in [0.25, 0.3) is 0 Å². The van der Waals surface area contributed by atoms with Gasteiger partial charge < -0.3 is 19.4 Å². The number of quaternary nitrogens is 1. The van der Waals surface area contributed by atoms with Gasteiger partial charge in [0.05, 0.1) is 33.8 Å². The van der Waals surface area contributed by atoms with Gasteiger partial charge in [0, 0.05) is 12.8 Å². The lowest BCUT2D eigenvalue weighted by Gasteiger charge is -2.27. The molecule has 0 aliphatic carbocycles. The maximum Gasteiger partial charge on any atom is 0.472 e. The number of phosphoric ester groups is 1. The lowest BCUT2D eigenvalue weighted by molar-refractivity contribution is -0.870. The molecule has 0 saturated heterocycles. The Morgan fingerprint density at radius 2 is 0.693 bits per heavy atom. The maximum atomic E-state index is 13.6. The highest BCUT2D eigenvalue weighted by Gasteiger charge is 2.30. The number of amides is 1. The van der Waals surface area contributed by atoms with Crippen LogP contribution >= 0.6 is 7.82 Å². The van der Waals surface area contributed by atoms with E-state index in [9.17, 15) is 19.0 Å². The minimum Gasteiger partial charge on any atom is -0.456 e. The van der Waals surface area contributed by atoms with Crippen molar-refractivity contribution >= 4 is 19.7 Å². The van der Waals surface area contributed by atoms with Crippen LogP contribution in [0.1, 0.15) is 387 Å². The molecular formula is C78H150N2O7P+. The van der Waals surface area contributed by atoms with E-state index in [0.29, 0.717) is 23.9 Å². The molecule has 518 valence electrons. The molecule has 2 N–H and O–H groups in total. The van der Waals surface area contributed by atoms with Crippen molar-refractivity contribution in [3.63, 3.8) is 0 Å². The Morgan fingerprint density at radius 3 is 1.06 bits per heavy atom. The van der Waals surface area contributed by atoms with Crippen molar-refractivity contribution < 1.29 is 37.3 Å². The zero-order chi connectivity index (χ0) is 64.2. The molecule has 88 heavy (non-hydrogen) atoms. The smallest absolute Gasteiger partial charge is 0.456 e. The molecule has 9 nitrogen and oxygen atoms in total. The van der Waals surface area contributed by atoms with Gasteiger partial charge in [0.1, 0.15) is 19.3 Å². The third-order valence-corrected chi connectivity index (χ3v) is 18.5. The van der Waals surface area contributed by atoms with Crippen LogP contribution in [0, 0.1) is 0 Å². The fourth-order valence-electron chi connectivity index (χ4n) is 11.6. The van der Waals surface area contributed by atoms with Crippen LogP contribution in [0.4, 0.5) is 0 Å². The van der Waals surface area contributed by atoms with Crippen LogP contribution in [0.5, 0.6) is 0 Å². The first-order chi connectivity index (χ1) is 42.9. The minimum atomic E-state index is -4.45. The average Bonchev–Trinajstić information content (AvgIpc) is 3.61. The highest BCUT2D eigenvalue weighted by molar-refractivity contribution is 7.47. The second-order valence-electron chi connectivity index (χ2n) is 27.5. The zero-order valence-corrected chi connectivity index (χ0v) is 60.4. The number of phosphoric acid groups is 1. The molecule has 0 radical (unpaired) electrons. The first-order valence-electron chi connectivity index (χ1n) is 38.5. The SMILES string of the molecule is CCCCC/C=C\C/C=C\C/C=C\CCCCCCCCCCCCCCCCC(=O)OC(/C=C/CCCCCCCCCCCC)C(COP(=O)(O)OCC[N+](C)(C)C)NC(=O)CCCCCCCCCCCCCCCCCCCCCCCCC. The van der Waals surface area contributed by atoms with E-state index in [-0.39, 0.29) is 25.1 Å². The Kier molecular flexibility index (Phi) is 66.3. The number of allylic oxidation sites excluding steroid dienone is 7. The summed E-state index contributed by atoms with van der Waals surface area (Å²) in [5.74, 6) is -0.484. The molecule has 0 aliphatic rings. The van der Waals surface area contributed by atoms with Gasteiger partial charge in [-0.2, -0.15) is 0 Å². The molecule has 0 fully saturated rings. The van der Waals surface area contributed by atoms with Crippen LogP contribution in [0.2, 0.25) is 0 Å². The molecule has 3 unspecified atom stereocenters. The van der Waals surface area contributed by atoms with Crippen molar-refractivity contribution in [2.75, 3.05) is 40.9 Å². The topological polar surface area (TPSA) is 111 Å². The Bertz CT molecular complexity index is 1640. The number of esters is 1. The van der Waals surface area contributed by atoms with E-state index >= 15 is 0 Å². The van der Waals surface area contributed by atoms with Gasteiger partial charge >= 0.3 is 13.8 Å². The Morgan fingerprint density at radius 1 is 0.398 bits per heavy atom.